The van der Waals surface area contributed by atoms with Gasteiger partial charge in [0.15, 0.2) is 11.6 Å². The number of fused-ring (bicyclic) bond motifs is 2. The molecule has 3 nitrogen and oxygen atoms in total. The molecule has 1 aromatic heterocycles. The van der Waals surface area contributed by atoms with E-state index in [9.17, 15) is 0 Å². The molecular formula is C13H14N2O. The third-order valence-corrected chi connectivity index (χ3v) is 2.91. The molecule has 0 amide bonds. The second kappa shape index (κ2) is 3.67. The number of rotatable bonds is 1. The van der Waals surface area contributed by atoms with E-state index in [1.807, 2.05) is 0 Å². The first kappa shape index (κ1) is 9.46. The predicted octanol–water partition coefficient (Wildman–Crippen LogP) is 2.60. The topological polar surface area (TPSA) is 34.2 Å². The molecule has 0 radical (unpaired) electrons. The molecule has 2 heterocycles. The van der Waals surface area contributed by atoms with E-state index in [1.165, 1.54) is 5.56 Å². The summed E-state index contributed by atoms with van der Waals surface area (Å²) in [5.41, 5.74) is 2.35. The lowest BCUT2D eigenvalue weighted by Gasteiger charge is -2.18. The normalized spacial score (nSPS) is 14.1. The van der Waals surface area contributed by atoms with Gasteiger partial charge in [-0.3, -0.25) is 0 Å². The zero-order valence-electron chi connectivity index (χ0n) is 9.29. The molecule has 82 valence electrons. The van der Waals surface area contributed by atoms with Crippen molar-refractivity contribution < 1.29 is 4.74 Å². The molecule has 1 aliphatic rings. The van der Waals surface area contributed by atoms with Crippen LogP contribution < -0.4 is 10.1 Å². The maximum atomic E-state index is 5.56. The van der Waals surface area contributed by atoms with E-state index in [1.54, 1.807) is 0 Å². The first-order valence-electron chi connectivity index (χ1n) is 5.67. The summed E-state index contributed by atoms with van der Waals surface area (Å²) < 4.78 is 5.56. The van der Waals surface area contributed by atoms with E-state index in [-0.39, 0.29) is 0 Å². The zero-order valence-corrected chi connectivity index (χ0v) is 9.29. The Balaban J connectivity index is 2.19. The molecule has 1 aliphatic heterocycles. The van der Waals surface area contributed by atoms with Gasteiger partial charge in [-0.05, 0) is 24.1 Å². The van der Waals surface area contributed by atoms with Crippen LogP contribution >= 0.6 is 0 Å². The van der Waals surface area contributed by atoms with Crippen LogP contribution in [0.5, 0.6) is 5.75 Å². The Morgan fingerprint density at radius 3 is 3.19 bits per heavy atom. The van der Waals surface area contributed by atoms with Crippen LogP contribution in [0.25, 0.3) is 10.9 Å². The zero-order chi connectivity index (χ0) is 11.0. The van der Waals surface area contributed by atoms with E-state index in [4.69, 9.17) is 4.74 Å². The Morgan fingerprint density at radius 1 is 1.38 bits per heavy atom. The Hall–Kier alpha value is -1.77. The summed E-state index contributed by atoms with van der Waals surface area (Å²) >= 11 is 0. The van der Waals surface area contributed by atoms with Crippen molar-refractivity contribution in [1.82, 2.24) is 4.98 Å². The molecule has 0 saturated carbocycles. The van der Waals surface area contributed by atoms with Crippen molar-refractivity contribution in [3.05, 3.63) is 29.8 Å². The van der Waals surface area contributed by atoms with E-state index < -0.39 is 0 Å². The number of nitrogens with one attached hydrogen (secondary N) is 1. The lowest BCUT2D eigenvalue weighted by Crippen LogP contribution is -2.18. The molecule has 0 atom stereocenters. The Morgan fingerprint density at radius 2 is 2.31 bits per heavy atom. The molecule has 2 aromatic rings. The van der Waals surface area contributed by atoms with E-state index in [0.29, 0.717) is 6.61 Å². The van der Waals surface area contributed by atoms with Crippen LogP contribution in [0, 0.1) is 0 Å². The van der Waals surface area contributed by atoms with Gasteiger partial charge in [0.25, 0.3) is 0 Å². The van der Waals surface area contributed by atoms with Crippen LogP contribution in [-0.4, -0.2) is 18.1 Å². The minimum atomic E-state index is 0.716. The highest BCUT2D eigenvalue weighted by Crippen LogP contribution is 2.29. The molecule has 0 unspecified atom stereocenters. The van der Waals surface area contributed by atoms with Crippen molar-refractivity contribution in [3.63, 3.8) is 0 Å². The number of benzene rings is 1. The van der Waals surface area contributed by atoms with Gasteiger partial charge in [0.05, 0.1) is 12.1 Å². The van der Waals surface area contributed by atoms with Gasteiger partial charge in [0.2, 0.25) is 0 Å². The van der Waals surface area contributed by atoms with Gasteiger partial charge in [-0.2, -0.15) is 0 Å². The lowest BCUT2D eigenvalue weighted by molar-refractivity contribution is 0.322. The molecule has 0 fully saturated rings. The Bertz CT molecular complexity index is 537. The van der Waals surface area contributed by atoms with Gasteiger partial charge in [0.1, 0.15) is 6.61 Å². The summed E-state index contributed by atoms with van der Waals surface area (Å²) in [5.74, 6) is 1.73. The summed E-state index contributed by atoms with van der Waals surface area (Å²) in [6.45, 7) is 3.70. The van der Waals surface area contributed by atoms with E-state index in [0.717, 1.165) is 35.4 Å². The van der Waals surface area contributed by atoms with Crippen LogP contribution in [0.3, 0.4) is 0 Å². The van der Waals surface area contributed by atoms with E-state index >= 15 is 0 Å². The number of nitrogens with zero attached hydrogens (tertiary/aromatic N) is 1. The molecule has 3 heteroatoms. The Labute approximate surface area is 94.5 Å². The van der Waals surface area contributed by atoms with Gasteiger partial charge < -0.3 is 10.1 Å². The largest absolute Gasteiger partial charge is 0.488 e. The van der Waals surface area contributed by atoms with Crippen molar-refractivity contribution >= 4 is 16.7 Å². The van der Waals surface area contributed by atoms with Crippen LogP contribution in [0.2, 0.25) is 0 Å². The Kier molecular flexibility index (Phi) is 2.17. The summed E-state index contributed by atoms with van der Waals surface area (Å²) in [5, 5.41) is 4.39. The van der Waals surface area contributed by atoms with Crippen molar-refractivity contribution in [2.24, 2.45) is 0 Å². The summed E-state index contributed by atoms with van der Waals surface area (Å²) in [6, 6.07) is 8.46. The second-order valence-electron chi connectivity index (χ2n) is 3.99. The van der Waals surface area contributed by atoms with Crippen LogP contribution in [0.1, 0.15) is 12.5 Å². The number of hydrogen-bond donors (Lipinski definition) is 1. The predicted molar refractivity (Wildman–Crippen MR) is 65.1 cm³/mol. The van der Waals surface area contributed by atoms with Gasteiger partial charge in [-0.25, -0.2) is 4.98 Å². The fraction of sp³-hybridized carbons (Fsp3) is 0.308. The van der Waals surface area contributed by atoms with Crippen LogP contribution in [-0.2, 0) is 6.42 Å². The van der Waals surface area contributed by atoms with Crippen LogP contribution in [0.4, 0.5) is 5.82 Å². The van der Waals surface area contributed by atoms with Crippen molar-refractivity contribution in [2.45, 2.75) is 13.3 Å². The number of ether oxygens (including phenoxy) is 1. The molecule has 0 aliphatic carbocycles. The van der Waals surface area contributed by atoms with Crippen molar-refractivity contribution in [2.75, 3.05) is 18.5 Å². The number of anilines is 1. The fourth-order valence-electron chi connectivity index (χ4n) is 1.98. The van der Waals surface area contributed by atoms with Gasteiger partial charge in [-0.1, -0.05) is 19.1 Å². The van der Waals surface area contributed by atoms with Gasteiger partial charge >= 0.3 is 0 Å². The number of aryl methyl sites for hydroxylation is 1. The highest BCUT2D eigenvalue weighted by molar-refractivity contribution is 5.83. The van der Waals surface area contributed by atoms with Crippen molar-refractivity contribution in [1.29, 1.82) is 0 Å². The lowest BCUT2D eigenvalue weighted by atomic mass is 10.1. The standard InChI is InChI=1S/C13H14N2O/c1-2-9-3-4-10-8-12-13(14-5-6-16-12)15-11(10)7-9/h3-4,7-8H,2,5-6H2,1H3,(H,14,15). The minimum absolute atomic E-state index is 0.716. The third-order valence-electron chi connectivity index (χ3n) is 2.91. The SMILES string of the molecule is CCc1ccc2cc3c(nc2c1)NCCO3. The highest BCUT2D eigenvalue weighted by atomic mass is 16.5. The van der Waals surface area contributed by atoms with E-state index in [2.05, 4.69) is 41.5 Å². The number of pyridine rings is 1. The minimum Gasteiger partial charge on any atom is -0.488 e. The van der Waals surface area contributed by atoms with Gasteiger partial charge in [0, 0.05) is 5.39 Å². The fourth-order valence-corrected chi connectivity index (χ4v) is 1.98. The monoisotopic (exact) mass is 214 g/mol. The molecule has 3 rings (SSSR count). The molecular weight excluding hydrogens is 200 g/mol. The molecule has 1 N–H and O–H groups in total. The molecule has 0 bridgehead atoms. The van der Waals surface area contributed by atoms with Crippen LogP contribution in [0.15, 0.2) is 24.3 Å². The average Bonchev–Trinajstić information content (AvgIpc) is 2.35. The summed E-state index contributed by atoms with van der Waals surface area (Å²) in [6.07, 6.45) is 1.04. The first-order chi connectivity index (χ1) is 7.86. The molecule has 0 saturated heterocycles. The summed E-state index contributed by atoms with van der Waals surface area (Å²) in [7, 11) is 0. The summed E-state index contributed by atoms with van der Waals surface area (Å²) in [4.78, 5) is 4.59. The average molecular weight is 214 g/mol. The number of hydrogen-bond acceptors (Lipinski definition) is 3. The molecule has 0 spiro atoms. The first-order valence-corrected chi connectivity index (χ1v) is 5.67. The molecule has 16 heavy (non-hydrogen) atoms. The van der Waals surface area contributed by atoms with Gasteiger partial charge in [-0.15, -0.1) is 0 Å². The smallest absolute Gasteiger partial charge is 0.169 e. The molecule has 1 aromatic carbocycles. The van der Waals surface area contributed by atoms with Crippen molar-refractivity contribution in [3.8, 4) is 5.75 Å². The highest BCUT2D eigenvalue weighted by Gasteiger charge is 2.12. The number of aromatic nitrogens is 1. The third kappa shape index (κ3) is 1.48. The second-order valence-corrected chi connectivity index (χ2v) is 3.99. The quantitative estimate of drug-likeness (QED) is 0.792. The maximum Gasteiger partial charge on any atom is 0.169 e. The maximum absolute atomic E-state index is 5.56.